The zero-order valence-corrected chi connectivity index (χ0v) is 15.0. The molecule has 1 aromatic carbocycles. The van der Waals surface area contributed by atoms with E-state index in [1.54, 1.807) is 6.92 Å². The minimum atomic E-state index is -4.56. The lowest BCUT2D eigenvalue weighted by molar-refractivity contribution is -0.140. The molecule has 0 N–H and O–H groups in total. The molecule has 0 fully saturated rings. The summed E-state index contributed by atoms with van der Waals surface area (Å²) in [6.45, 7) is 0.0746. The molecule has 10 heteroatoms. The van der Waals surface area contributed by atoms with Crippen LogP contribution < -0.4 is 0 Å². The summed E-state index contributed by atoms with van der Waals surface area (Å²) in [6.07, 6.45) is -4.25. The number of benzene rings is 1. The second kappa shape index (κ2) is 7.71. The Morgan fingerprint density at radius 1 is 1.25 bits per heavy atom. The van der Waals surface area contributed by atoms with E-state index in [9.17, 15) is 26.4 Å². The van der Waals surface area contributed by atoms with Gasteiger partial charge in [-0.2, -0.15) is 13.2 Å². The quantitative estimate of drug-likeness (QED) is 0.755. The van der Waals surface area contributed by atoms with Crippen molar-refractivity contribution in [1.29, 1.82) is 0 Å². The first-order valence-corrected chi connectivity index (χ1v) is 8.80. The van der Waals surface area contributed by atoms with Crippen LogP contribution in [0.5, 0.6) is 0 Å². The Morgan fingerprint density at radius 3 is 2.29 bits per heavy atom. The molecule has 0 spiro atoms. The monoisotopic (exact) mass is 386 g/mol. The maximum atomic E-state index is 12.7. The Kier molecular flexibility index (Phi) is 6.66. The average molecular weight is 387 g/mol. The Balaban J connectivity index is 3.30. The molecule has 0 radical (unpaired) electrons. The van der Waals surface area contributed by atoms with Gasteiger partial charge in [0.1, 0.15) is 6.54 Å². The van der Waals surface area contributed by atoms with Gasteiger partial charge in [-0.25, -0.2) is 12.7 Å². The Morgan fingerprint density at radius 2 is 1.83 bits per heavy atom. The Labute approximate surface area is 144 Å². The fourth-order valence-electron chi connectivity index (χ4n) is 1.95. The van der Waals surface area contributed by atoms with Gasteiger partial charge >= 0.3 is 6.18 Å². The van der Waals surface area contributed by atoms with Crippen LogP contribution in [-0.2, 0) is 10.0 Å². The molecule has 0 aliphatic heterocycles. The summed E-state index contributed by atoms with van der Waals surface area (Å²) >= 11 is 5.90. The molecule has 136 valence electrons. The highest BCUT2D eigenvalue weighted by molar-refractivity contribution is 7.89. The van der Waals surface area contributed by atoms with Crippen LogP contribution in [0.4, 0.5) is 13.2 Å². The van der Waals surface area contributed by atoms with Crippen LogP contribution in [0, 0.1) is 0 Å². The van der Waals surface area contributed by atoms with Gasteiger partial charge in [0.2, 0.25) is 10.0 Å². The van der Waals surface area contributed by atoms with Crippen LogP contribution in [-0.4, -0.2) is 56.9 Å². The minimum Gasteiger partial charge on any atom is -0.330 e. The summed E-state index contributed by atoms with van der Waals surface area (Å²) in [7, 11) is -1.23. The van der Waals surface area contributed by atoms with Crippen molar-refractivity contribution in [3.8, 4) is 0 Å². The molecular formula is C14H18ClF3N2O3S. The molecule has 0 heterocycles. The van der Waals surface area contributed by atoms with Crippen molar-refractivity contribution < 1.29 is 26.4 Å². The zero-order valence-electron chi connectivity index (χ0n) is 13.4. The molecule has 0 saturated carbocycles. The smallest absolute Gasteiger partial charge is 0.330 e. The van der Waals surface area contributed by atoms with Gasteiger partial charge in [0.15, 0.2) is 0 Å². The first kappa shape index (κ1) is 20.7. The van der Waals surface area contributed by atoms with Crippen LogP contribution in [0.2, 0.25) is 5.02 Å². The molecule has 0 aliphatic carbocycles. The van der Waals surface area contributed by atoms with Crippen LogP contribution in [0.3, 0.4) is 0 Å². The SMILES string of the molecule is CCCN(CC(F)(F)F)C(=O)c1cc(S(=O)(=O)N(C)C)ccc1Cl. The van der Waals surface area contributed by atoms with Gasteiger partial charge in [-0.1, -0.05) is 18.5 Å². The molecule has 1 amide bonds. The van der Waals surface area contributed by atoms with Gasteiger partial charge in [0, 0.05) is 20.6 Å². The van der Waals surface area contributed by atoms with E-state index in [1.165, 1.54) is 26.2 Å². The normalized spacial score (nSPS) is 12.5. The van der Waals surface area contributed by atoms with E-state index in [1.807, 2.05) is 0 Å². The van der Waals surface area contributed by atoms with Gasteiger partial charge in [-0.05, 0) is 24.6 Å². The van der Waals surface area contributed by atoms with Crippen molar-refractivity contribution in [2.75, 3.05) is 27.2 Å². The molecule has 0 atom stereocenters. The molecule has 0 bridgehead atoms. The highest BCUT2D eigenvalue weighted by Gasteiger charge is 2.34. The van der Waals surface area contributed by atoms with E-state index < -0.39 is 28.7 Å². The Bertz CT molecular complexity index is 706. The first-order chi connectivity index (χ1) is 10.9. The standard InChI is InChI=1S/C14H18ClF3N2O3S/c1-4-7-20(9-14(16,17)18)13(21)11-8-10(5-6-12(11)15)24(22,23)19(2)3/h5-6,8H,4,7,9H2,1-3H3. The number of alkyl halides is 3. The number of amides is 1. The number of halogens is 4. The van der Waals surface area contributed by atoms with E-state index >= 15 is 0 Å². The van der Waals surface area contributed by atoms with Crippen molar-refractivity contribution in [3.05, 3.63) is 28.8 Å². The number of sulfonamides is 1. The number of carbonyl (C=O) groups is 1. The minimum absolute atomic E-state index is 0.110. The van der Waals surface area contributed by atoms with Crippen molar-refractivity contribution in [2.45, 2.75) is 24.4 Å². The van der Waals surface area contributed by atoms with Gasteiger partial charge in [-0.15, -0.1) is 0 Å². The van der Waals surface area contributed by atoms with Crippen LogP contribution in [0.25, 0.3) is 0 Å². The Hall–Kier alpha value is -1.32. The molecule has 0 unspecified atom stereocenters. The lowest BCUT2D eigenvalue weighted by Crippen LogP contribution is -2.39. The largest absolute Gasteiger partial charge is 0.406 e. The fourth-order valence-corrected chi connectivity index (χ4v) is 3.08. The van der Waals surface area contributed by atoms with Gasteiger partial charge in [0.25, 0.3) is 5.91 Å². The topological polar surface area (TPSA) is 57.7 Å². The molecule has 5 nitrogen and oxygen atoms in total. The summed E-state index contributed by atoms with van der Waals surface area (Å²) < 4.78 is 63.1. The summed E-state index contributed by atoms with van der Waals surface area (Å²) in [4.78, 5) is 12.8. The predicted octanol–water partition coefficient (Wildman–Crippen LogP) is 3.00. The highest BCUT2D eigenvalue weighted by Crippen LogP contribution is 2.25. The number of rotatable bonds is 6. The van der Waals surface area contributed by atoms with Crippen LogP contribution in [0.1, 0.15) is 23.7 Å². The third-order valence-corrected chi connectivity index (χ3v) is 5.24. The van der Waals surface area contributed by atoms with E-state index in [-0.39, 0.29) is 22.0 Å². The second-order valence-corrected chi connectivity index (χ2v) is 7.83. The fraction of sp³-hybridized carbons (Fsp3) is 0.500. The first-order valence-electron chi connectivity index (χ1n) is 6.98. The van der Waals surface area contributed by atoms with E-state index in [0.717, 1.165) is 10.4 Å². The van der Waals surface area contributed by atoms with Crippen molar-refractivity contribution >= 4 is 27.5 Å². The number of nitrogens with zero attached hydrogens (tertiary/aromatic N) is 2. The van der Waals surface area contributed by atoms with Gasteiger partial charge in [0.05, 0.1) is 15.5 Å². The van der Waals surface area contributed by atoms with Crippen molar-refractivity contribution in [3.63, 3.8) is 0 Å². The summed E-state index contributed by atoms with van der Waals surface area (Å²) in [5.74, 6) is -0.963. The summed E-state index contributed by atoms with van der Waals surface area (Å²) in [5, 5.41) is -0.110. The van der Waals surface area contributed by atoms with Crippen LogP contribution >= 0.6 is 11.6 Å². The third-order valence-electron chi connectivity index (χ3n) is 3.10. The number of hydrogen-bond acceptors (Lipinski definition) is 3. The molecule has 0 aliphatic rings. The predicted molar refractivity (Wildman–Crippen MR) is 84.6 cm³/mol. The zero-order chi connectivity index (χ0) is 18.7. The molecule has 0 aromatic heterocycles. The number of hydrogen-bond donors (Lipinski definition) is 0. The van der Waals surface area contributed by atoms with E-state index in [2.05, 4.69) is 0 Å². The third kappa shape index (κ3) is 5.09. The van der Waals surface area contributed by atoms with Crippen LogP contribution in [0.15, 0.2) is 23.1 Å². The summed E-state index contributed by atoms with van der Waals surface area (Å²) in [6, 6.07) is 3.38. The highest BCUT2D eigenvalue weighted by atomic mass is 35.5. The number of carbonyl (C=O) groups excluding carboxylic acids is 1. The molecule has 1 rings (SSSR count). The maximum absolute atomic E-state index is 12.7. The maximum Gasteiger partial charge on any atom is 0.406 e. The molecular weight excluding hydrogens is 369 g/mol. The lowest BCUT2D eigenvalue weighted by Gasteiger charge is -2.24. The summed E-state index contributed by atoms with van der Waals surface area (Å²) in [5.41, 5.74) is -0.280. The van der Waals surface area contributed by atoms with E-state index in [4.69, 9.17) is 11.6 Å². The van der Waals surface area contributed by atoms with Crippen molar-refractivity contribution in [1.82, 2.24) is 9.21 Å². The molecule has 1 aromatic rings. The lowest BCUT2D eigenvalue weighted by atomic mass is 10.2. The second-order valence-electron chi connectivity index (χ2n) is 5.27. The van der Waals surface area contributed by atoms with E-state index in [0.29, 0.717) is 11.3 Å². The molecule has 24 heavy (non-hydrogen) atoms. The van der Waals surface area contributed by atoms with Gasteiger partial charge in [-0.3, -0.25) is 4.79 Å². The average Bonchev–Trinajstić information content (AvgIpc) is 2.44. The van der Waals surface area contributed by atoms with Crippen molar-refractivity contribution in [2.24, 2.45) is 0 Å². The van der Waals surface area contributed by atoms with Gasteiger partial charge < -0.3 is 4.90 Å². The molecule has 0 saturated heterocycles.